The van der Waals surface area contributed by atoms with E-state index >= 15 is 0 Å². The van der Waals surface area contributed by atoms with Crippen LogP contribution < -0.4 is 10.7 Å². The number of nitrogens with one attached hydrogen (secondary N) is 1. The van der Waals surface area contributed by atoms with Gasteiger partial charge in [-0.25, -0.2) is 18.4 Å². The van der Waals surface area contributed by atoms with Crippen molar-refractivity contribution >= 4 is 38.6 Å². The number of hydrogen-bond donors (Lipinski definition) is 2. The van der Waals surface area contributed by atoms with E-state index in [9.17, 15) is 13.5 Å². The van der Waals surface area contributed by atoms with Crippen molar-refractivity contribution in [3.05, 3.63) is 63.5 Å². The van der Waals surface area contributed by atoms with Gasteiger partial charge >= 0.3 is 0 Å². The minimum atomic E-state index is -3.64. The van der Waals surface area contributed by atoms with E-state index in [0.717, 1.165) is 12.8 Å². The molecule has 2 heterocycles. The van der Waals surface area contributed by atoms with Crippen LogP contribution in [0.15, 0.2) is 57.1 Å². The molecular weight excluding hydrogens is 436 g/mol. The molecule has 31 heavy (non-hydrogen) atoms. The Labute approximate surface area is 185 Å². The van der Waals surface area contributed by atoms with E-state index in [1.807, 2.05) is 13.8 Å². The molecule has 0 bridgehead atoms. The molecule has 0 saturated heterocycles. The molecule has 0 fully saturated rings. The summed E-state index contributed by atoms with van der Waals surface area (Å²) >= 11 is 6.02. The average molecular weight is 459 g/mol. The topological polar surface area (TPSA) is 98.1 Å². The molecule has 162 valence electrons. The SMILES string of the molecule is CCCN(CCC)S(=O)(=O)c1ccc2[nH]c(O)c(/C=C3/N=c4ccc(Cl)cc4=N3)c2c1. The van der Waals surface area contributed by atoms with Gasteiger partial charge in [-0.15, -0.1) is 0 Å². The fourth-order valence-corrected chi connectivity index (χ4v) is 5.45. The number of benzene rings is 2. The normalized spacial score (nSPS) is 14.8. The van der Waals surface area contributed by atoms with Crippen LogP contribution in [0.3, 0.4) is 0 Å². The maximum Gasteiger partial charge on any atom is 0.243 e. The first-order valence-electron chi connectivity index (χ1n) is 10.1. The molecule has 2 N–H and O–H groups in total. The van der Waals surface area contributed by atoms with Gasteiger partial charge in [0, 0.05) is 34.6 Å². The summed E-state index contributed by atoms with van der Waals surface area (Å²) < 4.78 is 27.9. The molecule has 7 nitrogen and oxygen atoms in total. The van der Waals surface area contributed by atoms with Crippen LogP contribution in [-0.4, -0.2) is 35.9 Å². The van der Waals surface area contributed by atoms with Crippen molar-refractivity contribution in [2.45, 2.75) is 31.6 Å². The maximum atomic E-state index is 13.2. The van der Waals surface area contributed by atoms with Crippen LogP contribution in [0.5, 0.6) is 5.88 Å². The third kappa shape index (κ3) is 4.11. The van der Waals surface area contributed by atoms with E-state index in [4.69, 9.17) is 11.6 Å². The molecule has 0 amide bonds. The van der Waals surface area contributed by atoms with Gasteiger partial charge in [-0.1, -0.05) is 25.4 Å². The summed E-state index contributed by atoms with van der Waals surface area (Å²) in [4.78, 5) is 12.0. The van der Waals surface area contributed by atoms with E-state index in [0.29, 0.717) is 51.1 Å². The summed E-state index contributed by atoms with van der Waals surface area (Å²) in [7, 11) is -3.64. The lowest BCUT2D eigenvalue weighted by molar-refractivity contribution is 0.410. The monoisotopic (exact) mass is 458 g/mol. The maximum absolute atomic E-state index is 13.2. The molecule has 1 aliphatic heterocycles. The van der Waals surface area contributed by atoms with Crippen molar-refractivity contribution in [1.29, 1.82) is 0 Å². The van der Waals surface area contributed by atoms with Crippen LogP contribution in [0.1, 0.15) is 32.3 Å². The van der Waals surface area contributed by atoms with E-state index in [-0.39, 0.29) is 10.8 Å². The quantitative estimate of drug-likeness (QED) is 0.566. The largest absolute Gasteiger partial charge is 0.494 e. The number of aromatic hydroxyl groups is 1. The van der Waals surface area contributed by atoms with Gasteiger partial charge in [0.05, 0.1) is 15.6 Å². The van der Waals surface area contributed by atoms with Crippen LogP contribution in [-0.2, 0) is 10.0 Å². The van der Waals surface area contributed by atoms with E-state index in [1.54, 1.807) is 42.5 Å². The van der Waals surface area contributed by atoms with E-state index in [1.165, 1.54) is 4.31 Å². The molecule has 0 aliphatic carbocycles. The molecule has 0 spiro atoms. The average Bonchev–Trinajstić information content (AvgIpc) is 3.27. The number of halogens is 1. The Morgan fingerprint density at radius 2 is 1.77 bits per heavy atom. The smallest absolute Gasteiger partial charge is 0.243 e. The predicted octanol–water partition coefficient (Wildman–Crippen LogP) is 3.59. The number of sulfonamides is 1. The molecule has 1 aromatic heterocycles. The summed E-state index contributed by atoms with van der Waals surface area (Å²) in [5.74, 6) is 0.329. The third-order valence-electron chi connectivity index (χ3n) is 5.05. The summed E-state index contributed by atoms with van der Waals surface area (Å²) in [6, 6.07) is 10.0. The fourth-order valence-electron chi connectivity index (χ4n) is 3.63. The number of nitrogens with zero attached hydrogens (tertiary/aromatic N) is 3. The summed E-state index contributed by atoms with van der Waals surface area (Å²) in [6.07, 6.45) is 3.10. The van der Waals surface area contributed by atoms with Crippen molar-refractivity contribution in [2.75, 3.05) is 13.1 Å². The zero-order valence-corrected chi connectivity index (χ0v) is 18.8. The van der Waals surface area contributed by atoms with Crippen LogP contribution >= 0.6 is 11.6 Å². The highest BCUT2D eigenvalue weighted by Crippen LogP contribution is 2.32. The number of rotatable bonds is 7. The first-order valence-corrected chi connectivity index (χ1v) is 11.9. The van der Waals surface area contributed by atoms with Crippen LogP contribution in [0.25, 0.3) is 17.0 Å². The standard InChI is InChI=1S/C22H23ClN4O3S/c1-3-9-27(10-4-2)31(29,30)15-6-8-18-16(12-15)17(22(28)26-18)13-21-24-19-7-5-14(23)11-20(19)25-21/h5-8,11-13,26,28H,3-4,9-10H2,1-2H3/b21-13-. The fraction of sp³-hybridized carbons (Fsp3) is 0.273. The molecule has 0 atom stereocenters. The second-order valence-corrected chi connectivity index (χ2v) is 9.73. The second-order valence-electron chi connectivity index (χ2n) is 7.36. The van der Waals surface area contributed by atoms with Crippen LogP contribution in [0, 0.1) is 0 Å². The number of H-pyrrole nitrogens is 1. The van der Waals surface area contributed by atoms with E-state index < -0.39 is 10.0 Å². The highest BCUT2D eigenvalue weighted by Gasteiger charge is 2.24. The van der Waals surface area contributed by atoms with Gasteiger partial charge in [0.2, 0.25) is 10.0 Å². The van der Waals surface area contributed by atoms with Crippen molar-refractivity contribution in [1.82, 2.24) is 9.29 Å². The van der Waals surface area contributed by atoms with Crippen LogP contribution in [0.2, 0.25) is 5.02 Å². The number of aromatic amines is 1. The lowest BCUT2D eigenvalue weighted by Crippen LogP contribution is -2.32. The minimum absolute atomic E-state index is 0.0737. The molecular formula is C22H23ClN4O3S. The van der Waals surface area contributed by atoms with Crippen molar-refractivity contribution < 1.29 is 13.5 Å². The van der Waals surface area contributed by atoms with Crippen molar-refractivity contribution in [3.63, 3.8) is 0 Å². The van der Waals surface area contributed by atoms with Gasteiger partial charge in [0.25, 0.3) is 0 Å². The zero-order valence-electron chi connectivity index (χ0n) is 17.3. The van der Waals surface area contributed by atoms with Crippen molar-refractivity contribution in [3.8, 4) is 5.88 Å². The molecule has 3 aromatic rings. The number of fused-ring (bicyclic) bond motifs is 2. The summed E-state index contributed by atoms with van der Waals surface area (Å²) in [5, 5.41) is 12.9. The first-order chi connectivity index (χ1) is 14.8. The molecule has 1 aliphatic rings. The Kier molecular flexibility index (Phi) is 5.88. The highest BCUT2D eigenvalue weighted by molar-refractivity contribution is 7.89. The second kappa shape index (κ2) is 8.45. The lowest BCUT2D eigenvalue weighted by atomic mass is 10.1. The Morgan fingerprint density at radius 3 is 2.48 bits per heavy atom. The molecule has 2 aromatic carbocycles. The Morgan fingerprint density at radius 1 is 1.06 bits per heavy atom. The molecule has 4 rings (SSSR count). The van der Waals surface area contributed by atoms with E-state index in [2.05, 4.69) is 15.0 Å². The van der Waals surface area contributed by atoms with Gasteiger partial charge in [0.15, 0.2) is 11.7 Å². The third-order valence-corrected chi connectivity index (χ3v) is 7.18. The van der Waals surface area contributed by atoms with Crippen LogP contribution in [0.4, 0.5) is 0 Å². The van der Waals surface area contributed by atoms with Gasteiger partial charge in [0.1, 0.15) is 0 Å². The zero-order chi connectivity index (χ0) is 22.2. The molecule has 0 unspecified atom stereocenters. The predicted molar refractivity (Wildman–Crippen MR) is 121 cm³/mol. The molecule has 9 heteroatoms. The minimum Gasteiger partial charge on any atom is -0.494 e. The van der Waals surface area contributed by atoms with Gasteiger partial charge in [-0.05, 0) is 55.3 Å². The Balaban J connectivity index is 1.81. The molecule has 0 radical (unpaired) electrons. The summed E-state index contributed by atoms with van der Waals surface area (Å²) in [5.41, 5.74) is 1.06. The first kappa shape index (κ1) is 21.5. The Hall–Kier alpha value is -2.68. The van der Waals surface area contributed by atoms with Gasteiger partial charge < -0.3 is 10.1 Å². The van der Waals surface area contributed by atoms with Gasteiger partial charge in [-0.2, -0.15) is 4.31 Å². The number of hydrogen-bond acceptors (Lipinski definition) is 5. The highest BCUT2D eigenvalue weighted by atomic mass is 35.5. The summed E-state index contributed by atoms with van der Waals surface area (Å²) in [6.45, 7) is 4.83. The van der Waals surface area contributed by atoms with Crippen molar-refractivity contribution in [2.24, 2.45) is 9.98 Å². The number of aromatic nitrogens is 1. The molecule has 0 saturated carbocycles. The Bertz CT molecular complexity index is 1400. The lowest BCUT2D eigenvalue weighted by Gasteiger charge is -2.21. The van der Waals surface area contributed by atoms with Gasteiger partial charge in [-0.3, -0.25) is 0 Å².